The largest absolute Gasteiger partial charge is 0.497 e. The molecule has 7 heteroatoms. The Hall–Kier alpha value is -3.12. The van der Waals surface area contributed by atoms with Crippen molar-refractivity contribution in [2.24, 2.45) is 0 Å². The molecule has 0 aliphatic carbocycles. The number of hydrogen-bond acceptors (Lipinski definition) is 5. The van der Waals surface area contributed by atoms with Gasteiger partial charge in [-0.1, -0.05) is 11.6 Å². The van der Waals surface area contributed by atoms with Gasteiger partial charge in [0.2, 0.25) is 0 Å². The van der Waals surface area contributed by atoms with E-state index in [1.807, 2.05) is 43.3 Å². The van der Waals surface area contributed by atoms with Crippen LogP contribution in [-0.4, -0.2) is 34.2 Å². The van der Waals surface area contributed by atoms with Crippen molar-refractivity contribution >= 4 is 39.4 Å². The van der Waals surface area contributed by atoms with Crippen LogP contribution < -0.4 is 4.74 Å². The summed E-state index contributed by atoms with van der Waals surface area (Å²) in [5.41, 5.74) is 3.88. The van der Waals surface area contributed by atoms with Crippen LogP contribution in [0.5, 0.6) is 5.75 Å². The summed E-state index contributed by atoms with van der Waals surface area (Å²) in [5.74, 6) is 1.25. The van der Waals surface area contributed by atoms with Crippen molar-refractivity contribution in [2.45, 2.75) is 20.3 Å². The molecule has 2 aromatic carbocycles. The summed E-state index contributed by atoms with van der Waals surface area (Å²) >= 11 is 6.14. The highest BCUT2D eigenvalue weighted by molar-refractivity contribution is 6.31. The molecule has 4 aromatic rings. The molecule has 0 spiro atoms. The molecule has 0 saturated carbocycles. The molecule has 0 N–H and O–H groups in total. The average Bonchev–Trinajstić information content (AvgIpc) is 2.97. The second kappa shape index (κ2) is 7.72. The molecule has 4 rings (SSSR count). The van der Waals surface area contributed by atoms with Gasteiger partial charge in [0.15, 0.2) is 0 Å². The number of rotatable bonds is 5. The maximum absolute atomic E-state index is 11.2. The molecule has 2 aromatic heterocycles. The number of fused-ring (bicyclic) bond motifs is 2. The number of carbonyl (C=O) groups is 1. The van der Waals surface area contributed by atoms with Crippen LogP contribution in [0.4, 0.5) is 0 Å². The van der Waals surface area contributed by atoms with Gasteiger partial charge in [0.05, 0.1) is 24.8 Å². The van der Waals surface area contributed by atoms with Crippen molar-refractivity contribution in [3.8, 4) is 11.6 Å². The maximum atomic E-state index is 11.2. The molecule has 148 valence electrons. The Labute approximate surface area is 173 Å². The Bertz CT molecular complexity index is 1230. The first kappa shape index (κ1) is 19.2. The van der Waals surface area contributed by atoms with E-state index in [1.165, 1.54) is 6.92 Å². The van der Waals surface area contributed by atoms with Gasteiger partial charge >= 0.3 is 5.97 Å². The lowest BCUT2D eigenvalue weighted by Gasteiger charge is -2.11. The molecule has 0 fully saturated rings. The number of benzene rings is 2. The van der Waals surface area contributed by atoms with E-state index in [4.69, 9.17) is 21.1 Å². The summed E-state index contributed by atoms with van der Waals surface area (Å²) in [7, 11) is 1.64. The first-order chi connectivity index (χ1) is 14.0. The SMILES string of the molecule is COc1ccc2c(c1)c(CCOC(C)=O)c(C)n2-c1ncnc2cc(Cl)ccc12. The molecule has 2 heterocycles. The third-order valence-electron chi connectivity index (χ3n) is 4.99. The number of halogens is 1. The number of ether oxygens (including phenoxy) is 2. The van der Waals surface area contributed by atoms with Gasteiger partial charge in [0, 0.05) is 34.8 Å². The normalized spacial score (nSPS) is 11.2. The summed E-state index contributed by atoms with van der Waals surface area (Å²) in [6.45, 7) is 3.77. The Kier molecular flexibility index (Phi) is 5.11. The summed E-state index contributed by atoms with van der Waals surface area (Å²) in [5, 5.41) is 2.57. The van der Waals surface area contributed by atoms with Crippen LogP contribution in [0.2, 0.25) is 5.02 Å². The zero-order chi connectivity index (χ0) is 20.5. The van der Waals surface area contributed by atoms with Crippen LogP contribution in [0.3, 0.4) is 0 Å². The van der Waals surface area contributed by atoms with Gasteiger partial charge in [-0.15, -0.1) is 0 Å². The lowest BCUT2D eigenvalue weighted by Crippen LogP contribution is -2.05. The minimum absolute atomic E-state index is 0.289. The zero-order valence-corrected chi connectivity index (χ0v) is 17.2. The standard InChI is InChI=1S/C22H20ClN3O3/c1-13-17(8-9-29-14(2)27)19-11-16(28-3)5-7-21(19)26(13)22-18-6-4-15(23)10-20(18)24-12-25-22/h4-7,10-12H,8-9H2,1-3H3. The Morgan fingerprint density at radius 1 is 1.14 bits per heavy atom. The minimum Gasteiger partial charge on any atom is -0.497 e. The van der Waals surface area contributed by atoms with Gasteiger partial charge in [0.25, 0.3) is 0 Å². The van der Waals surface area contributed by atoms with Crippen molar-refractivity contribution in [3.05, 3.63) is 59.0 Å². The minimum atomic E-state index is -0.289. The topological polar surface area (TPSA) is 66.2 Å². The molecule has 0 aliphatic heterocycles. The van der Waals surface area contributed by atoms with Gasteiger partial charge in [0.1, 0.15) is 17.9 Å². The van der Waals surface area contributed by atoms with E-state index < -0.39 is 0 Å². The first-order valence-corrected chi connectivity index (χ1v) is 9.59. The van der Waals surface area contributed by atoms with E-state index in [2.05, 4.69) is 14.5 Å². The van der Waals surface area contributed by atoms with E-state index in [0.717, 1.165) is 44.6 Å². The number of hydrogen-bond donors (Lipinski definition) is 0. The monoisotopic (exact) mass is 409 g/mol. The highest BCUT2D eigenvalue weighted by atomic mass is 35.5. The van der Waals surface area contributed by atoms with Gasteiger partial charge in [-0.2, -0.15) is 0 Å². The Morgan fingerprint density at radius 2 is 1.97 bits per heavy atom. The van der Waals surface area contributed by atoms with Crippen LogP contribution in [0.1, 0.15) is 18.2 Å². The fourth-order valence-electron chi connectivity index (χ4n) is 3.67. The van der Waals surface area contributed by atoms with Crippen LogP contribution in [-0.2, 0) is 16.0 Å². The summed E-state index contributed by atoms with van der Waals surface area (Å²) in [4.78, 5) is 20.1. The zero-order valence-electron chi connectivity index (χ0n) is 16.4. The highest BCUT2D eigenvalue weighted by Crippen LogP contribution is 2.34. The van der Waals surface area contributed by atoms with E-state index in [1.54, 1.807) is 13.4 Å². The van der Waals surface area contributed by atoms with Crippen LogP contribution in [0, 0.1) is 6.92 Å². The molecule has 0 bridgehead atoms. The number of aromatic nitrogens is 3. The lowest BCUT2D eigenvalue weighted by molar-refractivity contribution is -0.140. The molecule has 0 atom stereocenters. The third kappa shape index (κ3) is 3.51. The fourth-order valence-corrected chi connectivity index (χ4v) is 3.84. The van der Waals surface area contributed by atoms with Gasteiger partial charge in [-0.25, -0.2) is 9.97 Å². The molecule has 0 saturated heterocycles. The maximum Gasteiger partial charge on any atom is 0.302 e. The van der Waals surface area contributed by atoms with E-state index in [-0.39, 0.29) is 5.97 Å². The average molecular weight is 410 g/mol. The quantitative estimate of drug-likeness (QED) is 0.449. The lowest BCUT2D eigenvalue weighted by atomic mass is 10.1. The molecule has 0 unspecified atom stereocenters. The second-order valence-corrected chi connectivity index (χ2v) is 7.17. The highest BCUT2D eigenvalue weighted by Gasteiger charge is 2.19. The summed E-state index contributed by atoms with van der Waals surface area (Å²) < 4.78 is 12.7. The Morgan fingerprint density at radius 3 is 2.72 bits per heavy atom. The van der Waals surface area contributed by atoms with E-state index >= 15 is 0 Å². The van der Waals surface area contributed by atoms with Crippen molar-refractivity contribution < 1.29 is 14.3 Å². The summed E-state index contributed by atoms with van der Waals surface area (Å²) in [6, 6.07) is 11.5. The third-order valence-corrected chi connectivity index (χ3v) is 5.22. The molecule has 29 heavy (non-hydrogen) atoms. The molecular formula is C22H20ClN3O3. The van der Waals surface area contributed by atoms with Crippen LogP contribution >= 0.6 is 11.6 Å². The number of carbonyl (C=O) groups excluding carboxylic acids is 1. The van der Waals surface area contributed by atoms with Crippen LogP contribution in [0.15, 0.2) is 42.7 Å². The summed E-state index contributed by atoms with van der Waals surface area (Å²) in [6.07, 6.45) is 2.14. The second-order valence-electron chi connectivity index (χ2n) is 6.73. The molecule has 6 nitrogen and oxygen atoms in total. The fraction of sp³-hybridized carbons (Fsp3) is 0.227. The predicted molar refractivity (Wildman–Crippen MR) is 113 cm³/mol. The number of methoxy groups -OCH3 is 1. The molecule has 0 aliphatic rings. The van der Waals surface area contributed by atoms with Gasteiger partial charge < -0.3 is 9.47 Å². The molecule has 0 amide bonds. The van der Waals surface area contributed by atoms with Crippen molar-refractivity contribution in [3.63, 3.8) is 0 Å². The van der Waals surface area contributed by atoms with Gasteiger partial charge in [-0.05, 0) is 48.9 Å². The Balaban J connectivity index is 1.95. The van der Waals surface area contributed by atoms with Crippen molar-refractivity contribution in [1.82, 2.24) is 14.5 Å². The molecular weight excluding hydrogens is 390 g/mol. The smallest absolute Gasteiger partial charge is 0.302 e. The van der Waals surface area contributed by atoms with E-state index in [0.29, 0.717) is 18.1 Å². The number of nitrogens with zero attached hydrogens (tertiary/aromatic N) is 3. The predicted octanol–water partition coefficient (Wildman–Crippen LogP) is 4.65. The van der Waals surface area contributed by atoms with Crippen molar-refractivity contribution in [1.29, 1.82) is 0 Å². The van der Waals surface area contributed by atoms with Crippen molar-refractivity contribution in [2.75, 3.05) is 13.7 Å². The molecule has 0 radical (unpaired) electrons. The number of esters is 1. The van der Waals surface area contributed by atoms with Crippen LogP contribution in [0.25, 0.3) is 27.6 Å². The van der Waals surface area contributed by atoms with Gasteiger partial charge in [-0.3, -0.25) is 9.36 Å². The first-order valence-electron chi connectivity index (χ1n) is 9.21. The van der Waals surface area contributed by atoms with E-state index in [9.17, 15) is 4.79 Å².